The second kappa shape index (κ2) is 6.76. The molecule has 0 radical (unpaired) electrons. The van der Waals surface area contributed by atoms with Gasteiger partial charge < -0.3 is 9.64 Å². The highest BCUT2D eigenvalue weighted by molar-refractivity contribution is 7.16. The lowest BCUT2D eigenvalue weighted by Crippen LogP contribution is -2.25. The van der Waals surface area contributed by atoms with E-state index in [2.05, 4.69) is 0 Å². The van der Waals surface area contributed by atoms with Gasteiger partial charge in [-0.1, -0.05) is 11.6 Å². The molecule has 0 N–H and O–H groups in total. The van der Waals surface area contributed by atoms with E-state index in [9.17, 15) is 14.9 Å². The number of amides is 1. The molecule has 1 aromatic heterocycles. The van der Waals surface area contributed by atoms with Gasteiger partial charge in [0.15, 0.2) is 5.75 Å². The number of carbonyl (C=O) groups excluding carboxylic acids is 1. The number of halogens is 1. The Balaban J connectivity index is 2.21. The molecule has 0 bridgehead atoms. The van der Waals surface area contributed by atoms with Crippen molar-refractivity contribution in [1.29, 1.82) is 0 Å². The van der Waals surface area contributed by atoms with Gasteiger partial charge in [-0.3, -0.25) is 14.9 Å². The highest BCUT2D eigenvalue weighted by Gasteiger charge is 2.20. The summed E-state index contributed by atoms with van der Waals surface area (Å²) in [5.74, 6) is -0.190. The number of thiophene rings is 1. The topological polar surface area (TPSA) is 72.7 Å². The number of nitro benzene ring substituents is 1. The average molecular weight is 341 g/mol. The van der Waals surface area contributed by atoms with Crippen LogP contribution in [0.3, 0.4) is 0 Å². The first-order valence-electron chi connectivity index (χ1n) is 6.24. The first-order valence-corrected chi connectivity index (χ1v) is 7.44. The fourth-order valence-electron chi connectivity index (χ4n) is 1.93. The number of hydrogen-bond donors (Lipinski definition) is 0. The molecule has 0 spiro atoms. The Labute approximate surface area is 136 Å². The molecule has 116 valence electrons. The number of nitrogens with zero attached hydrogens (tertiary/aromatic N) is 2. The molecular formula is C14H13ClN2O4S. The molecule has 1 aromatic carbocycles. The van der Waals surface area contributed by atoms with E-state index in [1.54, 1.807) is 13.1 Å². The highest BCUT2D eigenvalue weighted by Crippen LogP contribution is 2.28. The molecule has 2 rings (SSSR count). The van der Waals surface area contributed by atoms with Crippen LogP contribution in [0.25, 0.3) is 0 Å². The molecule has 0 aliphatic rings. The van der Waals surface area contributed by atoms with Crippen LogP contribution in [0.2, 0.25) is 4.34 Å². The van der Waals surface area contributed by atoms with Gasteiger partial charge in [0.25, 0.3) is 5.91 Å². The van der Waals surface area contributed by atoms with Crippen molar-refractivity contribution in [1.82, 2.24) is 4.90 Å². The third-order valence-electron chi connectivity index (χ3n) is 2.99. The van der Waals surface area contributed by atoms with Crippen LogP contribution in [-0.2, 0) is 6.54 Å². The molecule has 0 unspecified atom stereocenters. The quantitative estimate of drug-likeness (QED) is 0.616. The molecule has 1 amide bonds. The minimum atomic E-state index is -0.575. The summed E-state index contributed by atoms with van der Waals surface area (Å²) in [6, 6.07) is 7.75. The third kappa shape index (κ3) is 3.55. The van der Waals surface area contributed by atoms with Crippen LogP contribution in [0, 0.1) is 10.1 Å². The summed E-state index contributed by atoms with van der Waals surface area (Å²) in [6.45, 7) is 0.385. The normalized spacial score (nSPS) is 10.3. The Bertz CT molecular complexity index is 717. The van der Waals surface area contributed by atoms with Crippen molar-refractivity contribution in [3.63, 3.8) is 0 Å². The average Bonchev–Trinajstić information content (AvgIpc) is 2.90. The number of carbonyl (C=O) groups is 1. The van der Waals surface area contributed by atoms with Crippen molar-refractivity contribution in [2.24, 2.45) is 0 Å². The Morgan fingerprint density at radius 3 is 2.68 bits per heavy atom. The third-order valence-corrected chi connectivity index (χ3v) is 4.21. The molecule has 0 saturated carbocycles. The highest BCUT2D eigenvalue weighted by atomic mass is 35.5. The summed E-state index contributed by atoms with van der Waals surface area (Å²) < 4.78 is 5.57. The van der Waals surface area contributed by atoms with Crippen molar-refractivity contribution in [2.45, 2.75) is 6.54 Å². The first kappa shape index (κ1) is 16.3. The minimum absolute atomic E-state index is 0.120. The zero-order chi connectivity index (χ0) is 16.3. The van der Waals surface area contributed by atoms with Gasteiger partial charge >= 0.3 is 5.69 Å². The SMILES string of the molecule is COc1ccc(C(=O)N(C)Cc2ccc(Cl)s2)cc1[N+](=O)[O-]. The largest absolute Gasteiger partial charge is 0.490 e. The molecule has 1 heterocycles. The van der Waals surface area contributed by atoms with E-state index in [4.69, 9.17) is 16.3 Å². The predicted molar refractivity (Wildman–Crippen MR) is 84.8 cm³/mol. The number of benzene rings is 1. The van der Waals surface area contributed by atoms with Crippen LogP contribution in [0.1, 0.15) is 15.2 Å². The van der Waals surface area contributed by atoms with Crippen molar-refractivity contribution in [3.05, 3.63) is 55.2 Å². The predicted octanol–water partition coefficient (Wildman–Crippen LogP) is 3.59. The Hall–Kier alpha value is -2.12. The van der Waals surface area contributed by atoms with E-state index in [1.165, 1.54) is 41.5 Å². The van der Waals surface area contributed by atoms with E-state index in [0.717, 1.165) is 4.88 Å². The minimum Gasteiger partial charge on any atom is -0.490 e. The smallest absolute Gasteiger partial charge is 0.311 e. The lowest BCUT2D eigenvalue weighted by atomic mass is 10.1. The molecule has 0 aliphatic heterocycles. The van der Waals surface area contributed by atoms with E-state index >= 15 is 0 Å². The second-order valence-electron chi connectivity index (χ2n) is 4.51. The van der Waals surface area contributed by atoms with E-state index in [0.29, 0.717) is 10.9 Å². The number of methoxy groups -OCH3 is 1. The second-order valence-corrected chi connectivity index (χ2v) is 6.31. The fourth-order valence-corrected chi connectivity index (χ4v) is 3.07. The summed E-state index contributed by atoms with van der Waals surface area (Å²) >= 11 is 7.24. The van der Waals surface area contributed by atoms with E-state index in [-0.39, 0.29) is 22.9 Å². The molecular weight excluding hydrogens is 328 g/mol. The summed E-state index contributed by atoms with van der Waals surface area (Å²) in [6.07, 6.45) is 0. The standard InChI is InChI=1S/C14H13ClN2O4S/c1-16(8-10-4-6-13(15)22-10)14(18)9-3-5-12(21-2)11(7-9)17(19)20/h3-7H,8H2,1-2H3. The van der Waals surface area contributed by atoms with Gasteiger partial charge in [-0.15, -0.1) is 11.3 Å². The zero-order valence-corrected chi connectivity index (χ0v) is 13.5. The lowest BCUT2D eigenvalue weighted by molar-refractivity contribution is -0.385. The summed E-state index contributed by atoms with van der Waals surface area (Å²) in [4.78, 5) is 25.2. The van der Waals surface area contributed by atoms with E-state index < -0.39 is 4.92 Å². The summed E-state index contributed by atoms with van der Waals surface area (Å²) in [7, 11) is 2.97. The number of rotatable bonds is 5. The molecule has 22 heavy (non-hydrogen) atoms. The van der Waals surface area contributed by atoms with Crippen molar-refractivity contribution in [2.75, 3.05) is 14.2 Å². The van der Waals surface area contributed by atoms with Gasteiger partial charge in [-0.05, 0) is 24.3 Å². The van der Waals surface area contributed by atoms with Crippen LogP contribution in [-0.4, -0.2) is 29.9 Å². The summed E-state index contributed by atoms with van der Waals surface area (Å²) in [5, 5.41) is 11.0. The Morgan fingerprint density at radius 2 is 2.14 bits per heavy atom. The fraction of sp³-hybridized carbons (Fsp3) is 0.214. The number of nitro groups is 1. The Kier molecular flexibility index (Phi) is 4.99. The van der Waals surface area contributed by atoms with Crippen molar-refractivity contribution >= 4 is 34.5 Å². The lowest BCUT2D eigenvalue weighted by Gasteiger charge is -2.16. The van der Waals surface area contributed by atoms with Gasteiger partial charge in [0.2, 0.25) is 0 Å². The van der Waals surface area contributed by atoms with Gasteiger partial charge in [0, 0.05) is 23.6 Å². The van der Waals surface area contributed by atoms with Gasteiger partial charge in [-0.2, -0.15) is 0 Å². The monoisotopic (exact) mass is 340 g/mol. The first-order chi connectivity index (χ1) is 10.4. The maximum atomic E-state index is 12.4. The van der Waals surface area contributed by atoms with Crippen LogP contribution < -0.4 is 4.74 Å². The Morgan fingerprint density at radius 1 is 1.41 bits per heavy atom. The summed E-state index contributed by atoms with van der Waals surface area (Å²) in [5.41, 5.74) is -0.00132. The molecule has 0 fully saturated rings. The van der Waals surface area contributed by atoms with Gasteiger partial charge in [-0.25, -0.2) is 0 Å². The van der Waals surface area contributed by atoms with Crippen LogP contribution in [0.5, 0.6) is 5.75 Å². The van der Waals surface area contributed by atoms with Crippen molar-refractivity contribution < 1.29 is 14.5 Å². The molecule has 0 aliphatic carbocycles. The van der Waals surface area contributed by atoms with E-state index in [1.807, 2.05) is 6.07 Å². The number of hydrogen-bond acceptors (Lipinski definition) is 5. The van der Waals surface area contributed by atoms with Crippen LogP contribution >= 0.6 is 22.9 Å². The van der Waals surface area contributed by atoms with Gasteiger partial charge in [0.05, 0.1) is 22.9 Å². The molecule has 2 aromatic rings. The molecule has 6 nitrogen and oxygen atoms in total. The molecule has 0 saturated heterocycles. The maximum absolute atomic E-state index is 12.4. The molecule has 8 heteroatoms. The van der Waals surface area contributed by atoms with Gasteiger partial charge in [0.1, 0.15) is 0 Å². The number of ether oxygens (including phenoxy) is 1. The molecule has 0 atom stereocenters. The van der Waals surface area contributed by atoms with Crippen molar-refractivity contribution in [3.8, 4) is 5.75 Å². The van der Waals surface area contributed by atoms with Crippen LogP contribution in [0.4, 0.5) is 5.69 Å². The zero-order valence-electron chi connectivity index (χ0n) is 11.9. The maximum Gasteiger partial charge on any atom is 0.311 e. The van der Waals surface area contributed by atoms with Crippen LogP contribution in [0.15, 0.2) is 30.3 Å².